The Balaban J connectivity index is 1.53. The average Bonchev–Trinajstić information content (AvgIpc) is 3.19. The van der Waals surface area contributed by atoms with Crippen molar-refractivity contribution in [2.24, 2.45) is 5.41 Å². The molecule has 0 aromatic heterocycles. The van der Waals surface area contributed by atoms with E-state index in [2.05, 4.69) is 17.2 Å². The lowest BCUT2D eigenvalue weighted by Crippen LogP contribution is -2.48. The Morgan fingerprint density at radius 3 is 2.47 bits per heavy atom. The van der Waals surface area contributed by atoms with Gasteiger partial charge in [-0.3, -0.25) is 14.4 Å². The summed E-state index contributed by atoms with van der Waals surface area (Å²) in [6.45, 7) is 2.77. The van der Waals surface area contributed by atoms with Crippen LogP contribution in [0.2, 0.25) is 0 Å². The highest BCUT2D eigenvalue weighted by atomic mass is 32.2. The van der Waals surface area contributed by atoms with Crippen molar-refractivity contribution in [3.8, 4) is 11.8 Å². The number of thioether (sulfide) groups is 1. The van der Waals surface area contributed by atoms with Crippen LogP contribution in [0.25, 0.3) is 0 Å². The summed E-state index contributed by atoms with van der Waals surface area (Å²) in [7, 11) is 0. The van der Waals surface area contributed by atoms with Crippen LogP contribution in [0.3, 0.4) is 0 Å². The maximum Gasteiger partial charge on any atom is 0.298 e. The number of carbonyl (C=O) groups is 3. The average molecular weight is 428 g/mol. The number of carbonyl (C=O) groups excluding carboxylic acids is 3. The predicted octanol–water partition coefficient (Wildman–Crippen LogP) is 1.75. The zero-order chi connectivity index (χ0) is 21.4. The Morgan fingerprint density at radius 1 is 1.17 bits per heavy atom. The SMILES string of the molecule is CSCCC(NC=O)C(=O)N1CCC2(CCN(C(=O)C#Cc3ccccc3)CC2)C1. The summed E-state index contributed by atoms with van der Waals surface area (Å²) in [5, 5.41) is 2.68. The van der Waals surface area contributed by atoms with Gasteiger partial charge in [0, 0.05) is 37.7 Å². The van der Waals surface area contributed by atoms with E-state index in [1.54, 1.807) is 11.8 Å². The van der Waals surface area contributed by atoms with Gasteiger partial charge >= 0.3 is 0 Å². The molecular weight excluding hydrogens is 398 g/mol. The molecular formula is C23H29N3O3S. The fraction of sp³-hybridized carbons (Fsp3) is 0.522. The van der Waals surface area contributed by atoms with Crippen LogP contribution in [-0.2, 0) is 14.4 Å². The molecule has 1 atom stereocenters. The van der Waals surface area contributed by atoms with E-state index in [1.807, 2.05) is 46.4 Å². The molecule has 6 nitrogen and oxygen atoms in total. The molecule has 1 unspecified atom stereocenters. The summed E-state index contributed by atoms with van der Waals surface area (Å²) < 4.78 is 0. The van der Waals surface area contributed by atoms with Gasteiger partial charge < -0.3 is 15.1 Å². The maximum absolute atomic E-state index is 12.9. The molecule has 1 aromatic carbocycles. The Kier molecular flexibility index (Phi) is 7.81. The fourth-order valence-electron chi connectivity index (χ4n) is 4.26. The van der Waals surface area contributed by atoms with E-state index in [0.29, 0.717) is 32.5 Å². The first-order chi connectivity index (χ1) is 14.6. The minimum atomic E-state index is -0.444. The third-order valence-electron chi connectivity index (χ3n) is 6.13. The molecule has 3 rings (SSSR count). The number of piperidine rings is 1. The van der Waals surface area contributed by atoms with Crippen LogP contribution in [0.15, 0.2) is 30.3 Å². The van der Waals surface area contributed by atoms with Gasteiger partial charge in [0.15, 0.2) is 0 Å². The van der Waals surface area contributed by atoms with Gasteiger partial charge in [0.2, 0.25) is 12.3 Å². The van der Waals surface area contributed by atoms with Crippen LogP contribution in [0.5, 0.6) is 0 Å². The topological polar surface area (TPSA) is 69.7 Å². The van der Waals surface area contributed by atoms with Gasteiger partial charge in [-0.25, -0.2) is 0 Å². The number of likely N-dealkylation sites (tertiary alicyclic amines) is 2. The van der Waals surface area contributed by atoms with Gasteiger partial charge in [-0.05, 0) is 55.2 Å². The van der Waals surface area contributed by atoms with Crippen molar-refractivity contribution < 1.29 is 14.4 Å². The highest BCUT2D eigenvalue weighted by Gasteiger charge is 2.43. The molecule has 1 aromatic rings. The maximum atomic E-state index is 12.9. The van der Waals surface area contributed by atoms with Gasteiger partial charge in [0.05, 0.1) is 0 Å². The third kappa shape index (κ3) is 5.57. The molecule has 30 heavy (non-hydrogen) atoms. The van der Waals surface area contributed by atoms with E-state index in [-0.39, 0.29) is 17.2 Å². The van der Waals surface area contributed by atoms with E-state index >= 15 is 0 Å². The molecule has 0 radical (unpaired) electrons. The second-order valence-electron chi connectivity index (χ2n) is 8.04. The number of hydrogen-bond donors (Lipinski definition) is 1. The van der Waals surface area contributed by atoms with E-state index in [1.165, 1.54) is 0 Å². The van der Waals surface area contributed by atoms with Crippen molar-refractivity contribution in [3.63, 3.8) is 0 Å². The second kappa shape index (κ2) is 10.5. The Morgan fingerprint density at radius 2 is 1.83 bits per heavy atom. The van der Waals surface area contributed by atoms with E-state index in [9.17, 15) is 14.4 Å². The van der Waals surface area contributed by atoms with Crippen LogP contribution >= 0.6 is 11.8 Å². The highest BCUT2D eigenvalue weighted by molar-refractivity contribution is 7.98. The quantitative estimate of drug-likeness (QED) is 0.555. The van der Waals surface area contributed by atoms with E-state index in [0.717, 1.165) is 37.1 Å². The zero-order valence-corrected chi connectivity index (χ0v) is 18.2. The second-order valence-corrected chi connectivity index (χ2v) is 9.02. The van der Waals surface area contributed by atoms with E-state index in [4.69, 9.17) is 0 Å². The van der Waals surface area contributed by atoms with Crippen molar-refractivity contribution in [2.45, 2.75) is 31.7 Å². The Hall–Kier alpha value is -2.46. The summed E-state index contributed by atoms with van der Waals surface area (Å²) in [6, 6.07) is 9.07. The Labute approximate surface area is 182 Å². The summed E-state index contributed by atoms with van der Waals surface area (Å²) in [4.78, 5) is 39.9. The lowest BCUT2D eigenvalue weighted by molar-refractivity contribution is -0.134. The standard InChI is InChI=1S/C23H29N3O3S/c1-30-16-9-20(24-18-27)22(29)26-15-12-23(17-26)10-13-25(14-11-23)21(28)8-7-19-5-3-2-4-6-19/h2-6,18,20H,9-17H2,1H3,(H,24,27). The number of amides is 3. The van der Waals surface area contributed by atoms with Crippen molar-refractivity contribution in [1.29, 1.82) is 0 Å². The number of rotatable bonds is 6. The summed E-state index contributed by atoms with van der Waals surface area (Å²) >= 11 is 1.67. The first-order valence-corrected chi connectivity index (χ1v) is 11.8. The van der Waals surface area contributed by atoms with Gasteiger partial charge in [0.25, 0.3) is 5.91 Å². The molecule has 2 aliphatic heterocycles. The molecule has 2 fully saturated rings. The van der Waals surface area contributed by atoms with Crippen LogP contribution in [-0.4, -0.2) is 72.3 Å². The Bertz CT molecular complexity index is 810. The molecule has 2 saturated heterocycles. The number of nitrogens with one attached hydrogen (secondary N) is 1. The largest absolute Gasteiger partial charge is 0.347 e. The molecule has 0 bridgehead atoms. The first kappa shape index (κ1) is 22.2. The van der Waals surface area contributed by atoms with Gasteiger partial charge in [-0.1, -0.05) is 24.1 Å². The lowest BCUT2D eigenvalue weighted by Gasteiger charge is -2.38. The highest BCUT2D eigenvalue weighted by Crippen LogP contribution is 2.40. The monoisotopic (exact) mass is 427 g/mol. The van der Waals surface area contributed by atoms with Gasteiger partial charge in [-0.15, -0.1) is 0 Å². The van der Waals surface area contributed by atoms with Crippen molar-refractivity contribution in [1.82, 2.24) is 15.1 Å². The molecule has 2 heterocycles. The van der Waals surface area contributed by atoms with Crippen molar-refractivity contribution >= 4 is 30.0 Å². The minimum absolute atomic E-state index is 0.0141. The van der Waals surface area contributed by atoms with E-state index < -0.39 is 6.04 Å². The normalized spacial score (nSPS) is 18.4. The van der Waals surface area contributed by atoms with Crippen LogP contribution in [0, 0.1) is 17.3 Å². The number of hydrogen-bond acceptors (Lipinski definition) is 4. The molecule has 3 amide bonds. The molecule has 1 spiro atoms. The van der Waals surface area contributed by atoms with Crippen molar-refractivity contribution in [2.75, 3.05) is 38.2 Å². The molecule has 2 aliphatic rings. The van der Waals surface area contributed by atoms with Crippen LogP contribution in [0.4, 0.5) is 0 Å². The predicted molar refractivity (Wildman–Crippen MR) is 119 cm³/mol. The summed E-state index contributed by atoms with van der Waals surface area (Å²) in [5.74, 6) is 6.40. The van der Waals surface area contributed by atoms with Crippen LogP contribution < -0.4 is 5.32 Å². The first-order valence-electron chi connectivity index (χ1n) is 10.4. The lowest BCUT2D eigenvalue weighted by atomic mass is 9.78. The fourth-order valence-corrected chi connectivity index (χ4v) is 4.73. The van der Waals surface area contributed by atoms with Crippen molar-refractivity contribution in [3.05, 3.63) is 35.9 Å². The number of benzene rings is 1. The number of nitrogens with zero attached hydrogens (tertiary/aromatic N) is 2. The van der Waals surface area contributed by atoms with Gasteiger partial charge in [-0.2, -0.15) is 11.8 Å². The molecule has 0 aliphatic carbocycles. The third-order valence-corrected chi connectivity index (χ3v) is 6.77. The molecule has 1 N–H and O–H groups in total. The van der Waals surface area contributed by atoms with Gasteiger partial charge in [0.1, 0.15) is 6.04 Å². The minimum Gasteiger partial charge on any atom is -0.347 e. The smallest absolute Gasteiger partial charge is 0.298 e. The molecule has 0 saturated carbocycles. The molecule has 7 heteroatoms. The van der Waals surface area contributed by atoms with Crippen LogP contribution in [0.1, 0.15) is 31.2 Å². The zero-order valence-electron chi connectivity index (χ0n) is 17.4. The molecule has 160 valence electrons. The summed E-state index contributed by atoms with van der Waals surface area (Å²) in [5.41, 5.74) is 0.911. The summed E-state index contributed by atoms with van der Waals surface area (Å²) in [6.07, 6.45) is 5.97.